The quantitative estimate of drug-likeness (QED) is 0.412. The van der Waals surface area contributed by atoms with Crippen LogP contribution in [0.5, 0.6) is 5.75 Å². The Bertz CT molecular complexity index is 1270. The van der Waals surface area contributed by atoms with Crippen molar-refractivity contribution >= 4 is 18.1 Å². The molecule has 1 saturated heterocycles. The second kappa shape index (κ2) is 12.4. The van der Waals surface area contributed by atoms with Crippen molar-refractivity contribution in [2.75, 3.05) is 44.2 Å². The molecule has 0 bridgehead atoms. The summed E-state index contributed by atoms with van der Waals surface area (Å²) in [5.74, 6) is 0.216. The molecule has 4 rings (SSSR count). The standard InChI is InChI=1S/C25H29F3N4O4.ClH/c1-19-15-31(16-20-7-14-35-17-20)24(34)32(23(19)33)9-4-8-29-10-12-30(13-11-29)21-5-2-3-6-22(21)36-18-25(26,27)28;/h2-3,5-7,14-15,17H,4,8-13,16,18H2,1H3;1H. The lowest BCUT2D eigenvalue weighted by Crippen LogP contribution is -2.47. The molecule has 12 heteroatoms. The molecule has 0 radical (unpaired) electrons. The summed E-state index contributed by atoms with van der Waals surface area (Å²) in [6.45, 7) is 4.38. The summed E-state index contributed by atoms with van der Waals surface area (Å²) >= 11 is 0. The topological polar surface area (TPSA) is 72.8 Å². The summed E-state index contributed by atoms with van der Waals surface area (Å²) in [5, 5.41) is 0. The lowest BCUT2D eigenvalue weighted by atomic mass is 10.2. The van der Waals surface area contributed by atoms with Crippen LogP contribution in [0.25, 0.3) is 0 Å². The lowest BCUT2D eigenvalue weighted by molar-refractivity contribution is -0.153. The molecule has 1 aliphatic rings. The Kier molecular flexibility index (Phi) is 9.50. The average molecular weight is 543 g/mol. The molecule has 1 fully saturated rings. The number of furan rings is 1. The fourth-order valence-corrected chi connectivity index (χ4v) is 4.35. The first-order valence-electron chi connectivity index (χ1n) is 11.8. The molecular formula is C25H30ClF3N4O4. The lowest BCUT2D eigenvalue weighted by Gasteiger charge is -2.36. The van der Waals surface area contributed by atoms with Crippen LogP contribution in [-0.4, -0.2) is 59.5 Å². The number of hydrogen-bond acceptors (Lipinski definition) is 6. The second-order valence-electron chi connectivity index (χ2n) is 8.86. The van der Waals surface area contributed by atoms with Gasteiger partial charge < -0.3 is 14.1 Å². The number of alkyl halides is 3. The molecule has 0 aliphatic carbocycles. The number of aryl methyl sites for hydroxylation is 1. The average Bonchev–Trinajstić information content (AvgIpc) is 3.37. The van der Waals surface area contributed by atoms with Crippen LogP contribution in [-0.2, 0) is 13.1 Å². The zero-order valence-corrected chi connectivity index (χ0v) is 21.3. The number of aromatic nitrogens is 2. The van der Waals surface area contributed by atoms with E-state index in [1.807, 2.05) is 4.90 Å². The normalized spacial score (nSPS) is 14.4. The summed E-state index contributed by atoms with van der Waals surface area (Å²) < 4.78 is 50.7. The maximum Gasteiger partial charge on any atom is 0.422 e. The second-order valence-corrected chi connectivity index (χ2v) is 8.86. The SMILES string of the molecule is Cc1cn(Cc2ccoc2)c(=O)n(CCCN2CCN(c3ccccc3OCC(F)(F)F)CC2)c1=O.Cl. The zero-order valence-electron chi connectivity index (χ0n) is 20.4. The molecule has 2 aromatic heterocycles. The smallest absolute Gasteiger partial charge is 0.422 e. The Morgan fingerprint density at radius 2 is 1.76 bits per heavy atom. The molecule has 3 heterocycles. The van der Waals surface area contributed by atoms with Gasteiger partial charge in [-0.25, -0.2) is 4.79 Å². The van der Waals surface area contributed by atoms with Crippen molar-refractivity contribution in [2.45, 2.75) is 32.6 Å². The van der Waals surface area contributed by atoms with Gasteiger partial charge in [-0.05, 0) is 38.1 Å². The summed E-state index contributed by atoms with van der Waals surface area (Å²) in [7, 11) is 0. The number of halogens is 4. The number of rotatable bonds is 9. The van der Waals surface area contributed by atoms with E-state index in [9.17, 15) is 22.8 Å². The van der Waals surface area contributed by atoms with Crippen molar-refractivity contribution < 1.29 is 22.3 Å². The minimum Gasteiger partial charge on any atom is -0.482 e. The summed E-state index contributed by atoms with van der Waals surface area (Å²) in [4.78, 5) is 29.7. The van der Waals surface area contributed by atoms with Crippen LogP contribution in [0.4, 0.5) is 18.9 Å². The van der Waals surface area contributed by atoms with E-state index >= 15 is 0 Å². The van der Waals surface area contributed by atoms with Crippen molar-refractivity contribution in [2.24, 2.45) is 0 Å². The highest BCUT2D eigenvalue weighted by Gasteiger charge is 2.29. The molecule has 202 valence electrons. The van der Waals surface area contributed by atoms with E-state index in [4.69, 9.17) is 9.15 Å². The van der Waals surface area contributed by atoms with E-state index in [1.54, 1.807) is 49.7 Å². The van der Waals surface area contributed by atoms with Gasteiger partial charge in [-0.15, -0.1) is 12.4 Å². The third kappa shape index (κ3) is 7.42. The minimum absolute atomic E-state index is 0. The van der Waals surface area contributed by atoms with Gasteiger partial charge in [-0.3, -0.25) is 18.8 Å². The van der Waals surface area contributed by atoms with E-state index in [0.717, 1.165) is 5.56 Å². The van der Waals surface area contributed by atoms with Crippen molar-refractivity contribution in [1.82, 2.24) is 14.0 Å². The van der Waals surface area contributed by atoms with E-state index in [2.05, 4.69) is 4.90 Å². The highest BCUT2D eigenvalue weighted by molar-refractivity contribution is 5.85. The van der Waals surface area contributed by atoms with Gasteiger partial charge >= 0.3 is 11.9 Å². The molecule has 0 amide bonds. The maximum absolute atomic E-state index is 12.9. The molecule has 37 heavy (non-hydrogen) atoms. The molecule has 0 atom stereocenters. The van der Waals surface area contributed by atoms with Gasteiger partial charge in [0.05, 0.1) is 24.8 Å². The molecule has 0 unspecified atom stereocenters. The van der Waals surface area contributed by atoms with Crippen LogP contribution in [0, 0.1) is 6.92 Å². The highest BCUT2D eigenvalue weighted by Crippen LogP contribution is 2.30. The summed E-state index contributed by atoms with van der Waals surface area (Å²) in [6.07, 6.45) is 0.904. The molecule has 0 saturated carbocycles. The molecule has 0 spiro atoms. The van der Waals surface area contributed by atoms with Crippen LogP contribution in [0.3, 0.4) is 0 Å². The number of nitrogens with zero attached hydrogens (tertiary/aromatic N) is 4. The van der Waals surface area contributed by atoms with Gasteiger partial charge in [0.2, 0.25) is 0 Å². The van der Waals surface area contributed by atoms with Crippen LogP contribution in [0.2, 0.25) is 0 Å². The first-order chi connectivity index (χ1) is 17.2. The van der Waals surface area contributed by atoms with Gasteiger partial charge in [0.1, 0.15) is 5.75 Å². The molecule has 0 N–H and O–H groups in total. The number of anilines is 1. The third-order valence-corrected chi connectivity index (χ3v) is 6.17. The predicted molar refractivity (Wildman–Crippen MR) is 136 cm³/mol. The van der Waals surface area contributed by atoms with Gasteiger partial charge in [-0.2, -0.15) is 13.2 Å². The fraction of sp³-hybridized carbons (Fsp3) is 0.440. The van der Waals surface area contributed by atoms with Gasteiger partial charge in [0.25, 0.3) is 5.56 Å². The van der Waals surface area contributed by atoms with Crippen molar-refractivity contribution in [3.8, 4) is 5.75 Å². The molecule has 3 aromatic rings. The van der Waals surface area contributed by atoms with Crippen LogP contribution < -0.4 is 20.9 Å². The first kappa shape index (κ1) is 28.4. The van der Waals surface area contributed by atoms with E-state index in [-0.39, 0.29) is 29.4 Å². The van der Waals surface area contributed by atoms with Gasteiger partial charge in [0.15, 0.2) is 6.61 Å². The Balaban J connectivity index is 0.00000380. The maximum atomic E-state index is 12.9. The van der Waals surface area contributed by atoms with Crippen molar-refractivity contribution in [3.63, 3.8) is 0 Å². The van der Waals surface area contributed by atoms with Gasteiger partial charge in [0, 0.05) is 50.0 Å². The van der Waals surface area contributed by atoms with E-state index in [1.165, 1.54) is 15.4 Å². The predicted octanol–water partition coefficient (Wildman–Crippen LogP) is 3.53. The van der Waals surface area contributed by atoms with Crippen LogP contribution >= 0.6 is 12.4 Å². The van der Waals surface area contributed by atoms with Gasteiger partial charge in [-0.1, -0.05) is 12.1 Å². The van der Waals surface area contributed by atoms with E-state index < -0.39 is 12.8 Å². The fourth-order valence-electron chi connectivity index (χ4n) is 4.35. The molecule has 1 aromatic carbocycles. The molecule has 8 nitrogen and oxygen atoms in total. The number of piperazine rings is 1. The minimum atomic E-state index is -4.40. The number of ether oxygens (including phenoxy) is 1. The Morgan fingerprint density at radius 3 is 2.43 bits per heavy atom. The van der Waals surface area contributed by atoms with Crippen LogP contribution in [0.1, 0.15) is 17.5 Å². The highest BCUT2D eigenvalue weighted by atomic mass is 35.5. The monoisotopic (exact) mass is 542 g/mol. The number of hydrogen-bond donors (Lipinski definition) is 0. The summed E-state index contributed by atoms with van der Waals surface area (Å²) in [6, 6.07) is 8.52. The van der Waals surface area contributed by atoms with Crippen molar-refractivity contribution in [3.05, 3.63) is 81.0 Å². The number of para-hydroxylation sites is 2. The zero-order chi connectivity index (χ0) is 25.7. The van der Waals surface area contributed by atoms with Crippen LogP contribution in [0.15, 0.2) is 63.1 Å². The Labute approximate surface area is 218 Å². The van der Waals surface area contributed by atoms with Crippen molar-refractivity contribution in [1.29, 1.82) is 0 Å². The summed E-state index contributed by atoms with van der Waals surface area (Å²) in [5.41, 5.74) is 1.34. The molecule has 1 aliphatic heterocycles. The Morgan fingerprint density at radius 1 is 1.03 bits per heavy atom. The first-order valence-corrected chi connectivity index (χ1v) is 11.8. The Hall–Kier alpha value is -3.18. The molecular weight excluding hydrogens is 513 g/mol. The largest absolute Gasteiger partial charge is 0.482 e. The third-order valence-electron chi connectivity index (χ3n) is 6.17. The van der Waals surface area contributed by atoms with E-state index in [0.29, 0.717) is 63.5 Å². The number of benzene rings is 1.